The minimum Gasteiger partial charge on any atom is -0.329 e. The number of carbonyl (C=O) groups excluding carboxylic acids is 3. The van der Waals surface area contributed by atoms with Crippen LogP contribution in [0.25, 0.3) is 0 Å². The zero-order valence-corrected chi connectivity index (χ0v) is 22.4. The molecule has 0 saturated heterocycles. The van der Waals surface area contributed by atoms with Crippen molar-refractivity contribution in [1.82, 2.24) is 15.2 Å². The third-order valence-electron chi connectivity index (χ3n) is 6.48. The number of nitrogens with zero attached hydrogens (tertiary/aromatic N) is 2. The fourth-order valence-electron chi connectivity index (χ4n) is 4.62. The van der Waals surface area contributed by atoms with Gasteiger partial charge in [-0.1, -0.05) is 57.2 Å². The van der Waals surface area contributed by atoms with Crippen molar-refractivity contribution >= 4 is 29.2 Å². The Hall–Kier alpha value is -4.04. The summed E-state index contributed by atoms with van der Waals surface area (Å²) in [7, 11) is 1.88. The highest BCUT2D eigenvalue weighted by molar-refractivity contribution is 5.96. The molecular weight excluding hydrogens is 478 g/mol. The Labute approximate surface area is 223 Å². The van der Waals surface area contributed by atoms with Crippen LogP contribution in [0.5, 0.6) is 0 Å². The fourth-order valence-corrected chi connectivity index (χ4v) is 4.62. The van der Waals surface area contributed by atoms with Gasteiger partial charge in [0, 0.05) is 36.8 Å². The lowest BCUT2D eigenvalue weighted by Crippen LogP contribution is -2.43. The van der Waals surface area contributed by atoms with Crippen LogP contribution in [0.4, 0.5) is 11.5 Å². The molecule has 198 valence electrons. The van der Waals surface area contributed by atoms with E-state index in [1.807, 2.05) is 82.4 Å². The number of anilines is 2. The van der Waals surface area contributed by atoms with Crippen molar-refractivity contribution in [1.29, 1.82) is 0 Å². The van der Waals surface area contributed by atoms with E-state index in [4.69, 9.17) is 0 Å². The van der Waals surface area contributed by atoms with E-state index in [-0.39, 0.29) is 30.7 Å². The topological polar surface area (TPSA) is 103 Å². The van der Waals surface area contributed by atoms with E-state index >= 15 is 0 Å². The van der Waals surface area contributed by atoms with Gasteiger partial charge in [-0.2, -0.15) is 0 Å². The maximum Gasteiger partial charge on any atom is 0.244 e. The number of benzene rings is 2. The van der Waals surface area contributed by atoms with Crippen LogP contribution < -0.4 is 16.0 Å². The molecule has 0 radical (unpaired) electrons. The summed E-state index contributed by atoms with van der Waals surface area (Å²) in [6.45, 7) is 6.48. The van der Waals surface area contributed by atoms with Gasteiger partial charge in [0.15, 0.2) is 0 Å². The van der Waals surface area contributed by atoms with E-state index in [9.17, 15) is 14.4 Å². The molecule has 8 nitrogen and oxygen atoms in total. The number of aromatic nitrogens is 1. The molecule has 0 saturated carbocycles. The maximum absolute atomic E-state index is 13.3. The Morgan fingerprint density at radius 2 is 1.74 bits per heavy atom. The number of fused-ring (bicyclic) bond motifs is 2. The number of hydrogen-bond acceptors (Lipinski definition) is 5. The lowest BCUT2D eigenvalue weighted by molar-refractivity contribution is -0.142. The number of rotatable bonds is 7. The fraction of sp³-hybridized carbons (Fsp3) is 0.333. The van der Waals surface area contributed by atoms with Crippen molar-refractivity contribution in [3.63, 3.8) is 0 Å². The van der Waals surface area contributed by atoms with Gasteiger partial charge in [0.1, 0.15) is 12.4 Å². The molecule has 8 heteroatoms. The third-order valence-corrected chi connectivity index (χ3v) is 6.48. The molecule has 3 aromatic rings. The predicted molar refractivity (Wildman–Crippen MR) is 149 cm³/mol. The lowest BCUT2D eigenvalue weighted by atomic mass is 9.94. The Morgan fingerprint density at radius 1 is 0.974 bits per heavy atom. The van der Waals surface area contributed by atoms with Crippen molar-refractivity contribution in [3.8, 4) is 0 Å². The lowest BCUT2D eigenvalue weighted by Gasteiger charge is -2.30. The zero-order chi connectivity index (χ0) is 27.3. The van der Waals surface area contributed by atoms with Crippen molar-refractivity contribution in [2.24, 2.45) is 5.41 Å². The molecular formula is C30H35N5O3. The minimum absolute atomic E-state index is 0.0827. The largest absolute Gasteiger partial charge is 0.329 e. The number of carbonyl (C=O) groups is 3. The van der Waals surface area contributed by atoms with Gasteiger partial charge in [0.25, 0.3) is 0 Å². The first-order valence-corrected chi connectivity index (χ1v) is 12.8. The smallest absolute Gasteiger partial charge is 0.244 e. The zero-order valence-electron chi connectivity index (χ0n) is 22.4. The van der Waals surface area contributed by atoms with Crippen LogP contribution in [0, 0.1) is 5.41 Å². The molecule has 1 aliphatic heterocycles. The molecule has 0 unspecified atom stereocenters. The first-order chi connectivity index (χ1) is 18.1. The summed E-state index contributed by atoms with van der Waals surface area (Å²) in [5.41, 5.74) is 4.82. The minimum atomic E-state index is -0.640. The molecule has 1 aromatic heterocycles. The summed E-state index contributed by atoms with van der Waals surface area (Å²) in [5.74, 6) is 0.0320. The number of hydrogen-bond donors (Lipinski definition) is 3. The van der Waals surface area contributed by atoms with Crippen LogP contribution in [-0.2, 0) is 40.3 Å². The molecule has 0 fully saturated rings. The van der Waals surface area contributed by atoms with Crippen LogP contribution in [0.15, 0.2) is 60.8 Å². The summed E-state index contributed by atoms with van der Waals surface area (Å²) in [6.07, 6.45) is 2.48. The summed E-state index contributed by atoms with van der Waals surface area (Å²) in [5, 5.41) is 8.96. The van der Waals surface area contributed by atoms with E-state index in [1.54, 1.807) is 11.1 Å². The molecule has 0 bridgehead atoms. The van der Waals surface area contributed by atoms with Gasteiger partial charge in [0.2, 0.25) is 17.7 Å². The van der Waals surface area contributed by atoms with Gasteiger partial charge in [-0.3, -0.25) is 14.4 Å². The third kappa shape index (κ3) is 6.63. The van der Waals surface area contributed by atoms with Crippen LogP contribution in [-0.4, -0.2) is 41.2 Å². The summed E-state index contributed by atoms with van der Waals surface area (Å²) in [4.78, 5) is 44.9. The molecule has 38 heavy (non-hydrogen) atoms. The van der Waals surface area contributed by atoms with Crippen molar-refractivity contribution < 1.29 is 14.4 Å². The van der Waals surface area contributed by atoms with Crippen LogP contribution in [0.2, 0.25) is 0 Å². The first kappa shape index (κ1) is 27.0. The second kappa shape index (κ2) is 11.6. The van der Waals surface area contributed by atoms with Gasteiger partial charge in [-0.05, 0) is 53.1 Å². The number of amides is 3. The highest BCUT2D eigenvalue weighted by atomic mass is 16.2. The molecule has 0 atom stereocenters. The number of nitrogens with one attached hydrogen (secondary N) is 3. The molecule has 3 amide bonds. The molecule has 0 spiro atoms. The van der Waals surface area contributed by atoms with E-state index < -0.39 is 5.41 Å². The average Bonchev–Trinajstić information content (AvgIpc) is 2.85. The molecule has 0 aliphatic carbocycles. The predicted octanol–water partition coefficient (Wildman–Crippen LogP) is 3.90. The summed E-state index contributed by atoms with van der Waals surface area (Å²) in [6, 6.07) is 17.3. The van der Waals surface area contributed by atoms with Gasteiger partial charge >= 0.3 is 0 Å². The second-order valence-electron chi connectivity index (χ2n) is 10.7. The molecule has 1 aliphatic rings. The Morgan fingerprint density at radius 3 is 2.47 bits per heavy atom. The summed E-state index contributed by atoms with van der Waals surface area (Å²) >= 11 is 0. The van der Waals surface area contributed by atoms with E-state index in [1.165, 1.54) is 0 Å². The standard InChI is InChI=1S/C30H35N5O3/c1-30(2,3)29(38)35(18-23-9-6-5-8-22(23)17-31-4)19-27(37)33-25-12-11-20-14-21-10-7-13-32-28(21)34-26(36)16-24(20)15-25/h5-13,15,31H,14,16-19H2,1-4H3,(H,33,37)(H,32,34,36). The molecule has 2 heterocycles. The van der Waals surface area contributed by atoms with Gasteiger partial charge in [-0.15, -0.1) is 0 Å². The second-order valence-corrected chi connectivity index (χ2v) is 10.7. The summed E-state index contributed by atoms with van der Waals surface area (Å²) < 4.78 is 0. The van der Waals surface area contributed by atoms with Crippen molar-refractivity contribution in [2.75, 3.05) is 24.2 Å². The van der Waals surface area contributed by atoms with Crippen LogP contribution in [0.1, 0.15) is 48.6 Å². The highest BCUT2D eigenvalue weighted by Crippen LogP contribution is 2.26. The van der Waals surface area contributed by atoms with E-state index in [2.05, 4.69) is 20.9 Å². The van der Waals surface area contributed by atoms with Gasteiger partial charge < -0.3 is 20.9 Å². The monoisotopic (exact) mass is 513 g/mol. The Bertz CT molecular complexity index is 1350. The number of pyridine rings is 1. The Balaban J connectivity index is 1.52. The normalized spacial score (nSPS) is 12.9. The Kier molecular flexibility index (Phi) is 8.22. The quantitative estimate of drug-likeness (QED) is 0.445. The van der Waals surface area contributed by atoms with Gasteiger partial charge in [-0.25, -0.2) is 4.98 Å². The molecule has 2 aromatic carbocycles. The van der Waals surface area contributed by atoms with Crippen LogP contribution in [0.3, 0.4) is 0 Å². The van der Waals surface area contributed by atoms with Crippen molar-refractivity contribution in [2.45, 2.75) is 46.7 Å². The van der Waals surface area contributed by atoms with E-state index in [0.717, 1.165) is 27.8 Å². The van der Waals surface area contributed by atoms with E-state index in [0.29, 0.717) is 31.0 Å². The first-order valence-electron chi connectivity index (χ1n) is 12.8. The SMILES string of the molecule is CNCc1ccccc1CN(CC(=O)Nc1ccc2c(c1)CC(=O)Nc1ncccc1C2)C(=O)C(C)(C)C. The van der Waals surface area contributed by atoms with Gasteiger partial charge in [0.05, 0.1) is 6.42 Å². The maximum atomic E-state index is 13.3. The van der Waals surface area contributed by atoms with Crippen molar-refractivity contribution in [3.05, 3.63) is 88.6 Å². The van der Waals surface area contributed by atoms with Crippen LogP contribution >= 0.6 is 0 Å². The average molecular weight is 514 g/mol. The molecule has 3 N–H and O–H groups in total. The highest BCUT2D eigenvalue weighted by Gasteiger charge is 2.29. The molecule has 4 rings (SSSR count).